The van der Waals surface area contributed by atoms with Crippen LogP contribution in [0.4, 0.5) is 0 Å². The zero-order valence-corrected chi connectivity index (χ0v) is 6.31. The van der Waals surface area contributed by atoms with Gasteiger partial charge in [-0.1, -0.05) is 11.6 Å². The highest BCUT2D eigenvalue weighted by molar-refractivity contribution is 6.30. The predicted molar refractivity (Wildman–Crippen MR) is 37.4 cm³/mol. The van der Waals surface area contributed by atoms with Crippen molar-refractivity contribution in [1.82, 2.24) is 0 Å². The number of pyridine rings is 1. The first-order valence-corrected chi connectivity index (χ1v) is 3.19. The number of aromatic nitrogens is 1. The zero-order valence-electron chi connectivity index (χ0n) is 5.56. The Morgan fingerprint density at radius 3 is 2.56 bits per heavy atom. The summed E-state index contributed by atoms with van der Waals surface area (Å²) in [7, 11) is 1.96. The third-order valence-corrected chi connectivity index (χ3v) is 1.31. The van der Waals surface area contributed by atoms with Gasteiger partial charge >= 0.3 is 0 Å². The minimum absolute atomic E-state index is 0.789. The lowest BCUT2D eigenvalue weighted by Gasteiger charge is -1.89. The van der Waals surface area contributed by atoms with Gasteiger partial charge in [0.15, 0.2) is 12.4 Å². The smallest absolute Gasteiger partial charge is 0.187 e. The topological polar surface area (TPSA) is 3.88 Å². The van der Waals surface area contributed by atoms with Gasteiger partial charge in [-0.15, -0.1) is 0 Å². The van der Waals surface area contributed by atoms with Crippen LogP contribution in [0.5, 0.6) is 0 Å². The molecule has 0 radical (unpaired) electrons. The van der Waals surface area contributed by atoms with Gasteiger partial charge in [0.05, 0.1) is 0 Å². The Morgan fingerprint density at radius 1 is 1.44 bits per heavy atom. The van der Waals surface area contributed by atoms with Crippen LogP contribution in [0.25, 0.3) is 0 Å². The van der Waals surface area contributed by atoms with Crippen molar-refractivity contribution in [3.63, 3.8) is 0 Å². The van der Waals surface area contributed by atoms with Gasteiger partial charge < -0.3 is 0 Å². The molecule has 1 nitrogen and oxygen atoms in total. The molecule has 1 aromatic rings. The molecular weight excluding hydrogens is 134 g/mol. The summed E-state index contributed by atoms with van der Waals surface area (Å²) in [5.41, 5.74) is 1.19. The Hall–Kier alpha value is -0.560. The summed E-state index contributed by atoms with van der Waals surface area (Å²) in [5, 5.41) is 0.789. The Labute approximate surface area is 59.9 Å². The molecule has 0 bridgehead atoms. The van der Waals surface area contributed by atoms with Crippen LogP contribution >= 0.6 is 11.6 Å². The van der Waals surface area contributed by atoms with E-state index in [0.29, 0.717) is 0 Å². The summed E-state index contributed by atoms with van der Waals surface area (Å²) in [6, 6.07) is 1.93. The van der Waals surface area contributed by atoms with Gasteiger partial charge in [-0.25, -0.2) is 4.57 Å². The van der Waals surface area contributed by atoms with Crippen LogP contribution in [0.3, 0.4) is 0 Å². The Kier molecular flexibility index (Phi) is 1.72. The van der Waals surface area contributed by atoms with E-state index in [4.69, 9.17) is 11.6 Å². The van der Waals surface area contributed by atoms with Gasteiger partial charge in [0, 0.05) is 5.56 Å². The first-order valence-electron chi connectivity index (χ1n) is 2.81. The van der Waals surface area contributed by atoms with Crippen LogP contribution in [-0.2, 0) is 7.05 Å². The molecule has 0 fully saturated rings. The maximum atomic E-state index is 5.73. The van der Waals surface area contributed by atoms with Crippen molar-refractivity contribution in [1.29, 1.82) is 0 Å². The van der Waals surface area contributed by atoms with Gasteiger partial charge in [0.25, 0.3) is 0 Å². The minimum atomic E-state index is 0.789. The summed E-state index contributed by atoms with van der Waals surface area (Å²) in [6.07, 6.45) is 3.89. The molecule has 0 spiro atoms. The molecule has 0 aromatic carbocycles. The molecule has 0 N–H and O–H groups in total. The summed E-state index contributed by atoms with van der Waals surface area (Å²) < 4.78 is 1.94. The highest BCUT2D eigenvalue weighted by Crippen LogP contribution is 2.04. The Bertz CT molecular complexity index is 170. The number of rotatable bonds is 0. The second-order valence-electron chi connectivity index (χ2n) is 2.20. The average Bonchev–Trinajstić information content (AvgIpc) is 1.59. The van der Waals surface area contributed by atoms with E-state index < -0.39 is 0 Å². The summed E-state index contributed by atoms with van der Waals surface area (Å²) in [4.78, 5) is 0. The summed E-state index contributed by atoms with van der Waals surface area (Å²) in [6.45, 7) is 2.02. The number of hydrogen-bond donors (Lipinski definition) is 0. The fourth-order valence-electron chi connectivity index (χ4n) is 0.845. The minimum Gasteiger partial charge on any atom is -0.206 e. The highest BCUT2D eigenvalue weighted by atomic mass is 35.5. The van der Waals surface area contributed by atoms with Crippen LogP contribution in [-0.4, -0.2) is 0 Å². The van der Waals surface area contributed by atoms with E-state index in [2.05, 4.69) is 0 Å². The monoisotopic (exact) mass is 142 g/mol. The van der Waals surface area contributed by atoms with Crippen LogP contribution in [0.1, 0.15) is 5.56 Å². The first kappa shape index (κ1) is 6.56. The molecule has 48 valence electrons. The molecule has 2 heteroatoms. The summed E-state index contributed by atoms with van der Waals surface area (Å²) in [5.74, 6) is 0. The predicted octanol–water partition coefficient (Wildman–Crippen LogP) is 1.47. The van der Waals surface area contributed by atoms with Crippen molar-refractivity contribution in [3.8, 4) is 0 Å². The molecule has 1 heterocycles. The van der Waals surface area contributed by atoms with Crippen LogP contribution in [0, 0.1) is 6.92 Å². The molecular formula is C7H9ClN+. The first-order chi connectivity index (χ1) is 4.18. The van der Waals surface area contributed by atoms with Crippen molar-refractivity contribution < 1.29 is 4.57 Å². The van der Waals surface area contributed by atoms with Crippen molar-refractivity contribution >= 4 is 11.6 Å². The molecule has 0 aliphatic heterocycles. The molecule has 0 aliphatic rings. The second-order valence-corrected chi connectivity index (χ2v) is 2.63. The lowest BCUT2D eigenvalue weighted by molar-refractivity contribution is -0.671. The molecule has 1 aromatic heterocycles. The molecule has 9 heavy (non-hydrogen) atoms. The Balaban J connectivity index is 3.17. The average molecular weight is 143 g/mol. The molecule has 0 saturated heterocycles. The third kappa shape index (κ3) is 1.68. The number of aryl methyl sites for hydroxylation is 2. The lowest BCUT2D eigenvalue weighted by Crippen LogP contribution is -2.26. The normalized spacial score (nSPS) is 9.67. The van der Waals surface area contributed by atoms with Gasteiger partial charge in [-0.2, -0.15) is 0 Å². The fourth-order valence-corrected chi connectivity index (χ4v) is 1.17. The van der Waals surface area contributed by atoms with Crippen molar-refractivity contribution in [3.05, 3.63) is 29.0 Å². The van der Waals surface area contributed by atoms with E-state index in [0.717, 1.165) is 5.02 Å². The highest BCUT2D eigenvalue weighted by Gasteiger charge is 1.95. The van der Waals surface area contributed by atoms with Gasteiger partial charge in [-0.05, 0) is 13.0 Å². The van der Waals surface area contributed by atoms with Crippen LogP contribution < -0.4 is 4.57 Å². The molecule has 1 rings (SSSR count). The standard InChI is InChI=1S/C7H9ClN/c1-6-3-7(8)5-9(2)4-6/h3-5H,1-2H3/q+1. The van der Waals surface area contributed by atoms with E-state index in [1.165, 1.54) is 5.56 Å². The maximum Gasteiger partial charge on any atom is 0.187 e. The lowest BCUT2D eigenvalue weighted by atomic mass is 10.3. The fraction of sp³-hybridized carbons (Fsp3) is 0.286. The molecule has 0 unspecified atom stereocenters. The molecule has 0 saturated carbocycles. The van der Waals surface area contributed by atoms with E-state index in [1.54, 1.807) is 0 Å². The van der Waals surface area contributed by atoms with E-state index in [1.807, 2.05) is 37.0 Å². The SMILES string of the molecule is Cc1cc(Cl)c[n+](C)c1. The quantitative estimate of drug-likeness (QED) is 0.483. The second kappa shape index (κ2) is 2.36. The van der Waals surface area contributed by atoms with Crippen LogP contribution in [0.15, 0.2) is 18.5 Å². The largest absolute Gasteiger partial charge is 0.206 e. The van der Waals surface area contributed by atoms with Gasteiger partial charge in [-0.3, -0.25) is 0 Å². The van der Waals surface area contributed by atoms with E-state index >= 15 is 0 Å². The van der Waals surface area contributed by atoms with Crippen molar-refractivity contribution in [2.24, 2.45) is 7.05 Å². The van der Waals surface area contributed by atoms with Crippen molar-refractivity contribution in [2.45, 2.75) is 6.92 Å². The molecule has 0 amide bonds. The number of nitrogens with zero attached hydrogens (tertiary/aromatic N) is 1. The van der Waals surface area contributed by atoms with Gasteiger partial charge in [0.2, 0.25) is 0 Å². The van der Waals surface area contributed by atoms with E-state index in [9.17, 15) is 0 Å². The van der Waals surface area contributed by atoms with Crippen molar-refractivity contribution in [2.75, 3.05) is 0 Å². The maximum absolute atomic E-state index is 5.73. The van der Waals surface area contributed by atoms with Crippen LogP contribution in [0.2, 0.25) is 5.02 Å². The molecule has 0 aliphatic carbocycles. The number of halogens is 1. The zero-order chi connectivity index (χ0) is 6.85. The molecule has 0 atom stereocenters. The number of hydrogen-bond acceptors (Lipinski definition) is 0. The van der Waals surface area contributed by atoms with Gasteiger partial charge in [0.1, 0.15) is 12.1 Å². The summed E-state index contributed by atoms with van der Waals surface area (Å²) >= 11 is 5.73. The Morgan fingerprint density at radius 2 is 2.11 bits per heavy atom. The third-order valence-electron chi connectivity index (χ3n) is 1.10. The van der Waals surface area contributed by atoms with E-state index in [-0.39, 0.29) is 0 Å².